The van der Waals surface area contributed by atoms with Gasteiger partial charge in [0, 0.05) is 20.1 Å². The minimum Gasteiger partial charge on any atom is -0.481 e. The summed E-state index contributed by atoms with van der Waals surface area (Å²) in [5.74, 6) is -0.923. The van der Waals surface area contributed by atoms with E-state index in [-0.39, 0.29) is 5.91 Å². The lowest BCUT2D eigenvalue weighted by molar-refractivity contribution is -0.152. The highest BCUT2D eigenvalue weighted by Crippen LogP contribution is 2.35. The number of aliphatic carboxylic acids is 1. The number of carboxylic acid groups (broad SMARTS) is 1. The first-order valence-corrected chi connectivity index (χ1v) is 6.99. The second kappa shape index (κ2) is 5.64. The Kier molecular flexibility index (Phi) is 4.11. The Balaban J connectivity index is 2.20. The van der Waals surface area contributed by atoms with E-state index in [4.69, 9.17) is 0 Å². The van der Waals surface area contributed by atoms with E-state index in [1.54, 1.807) is 22.8 Å². The summed E-state index contributed by atoms with van der Waals surface area (Å²) >= 11 is 0. The first kappa shape index (κ1) is 14.6. The Morgan fingerprint density at radius 3 is 2.80 bits per heavy atom. The Hall–Kier alpha value is -1.85. The van der Waals surface area contributed by atoms with Crippen LogP contribution in [-0.4, -0.2) is 44.5 Å². The highest BCUT2D eigenvalue weighted by Gasteiger charge is 2.43. The van der Waals surface area contributed by atoms with Crippen LogP contribution in [0.3, 0.4) is 0 Å². The third-order valence-electron chi connectivity index (χ3n) is 4.08. The maximum atomic E-state index is 12.5. The van der Waals surface area contributed by atoms with E-state index in [2.05, 4.69) is 4.98 Å². The summed E-state index contributed by atoms with van der Waals surface area (Å²) < 4.78 is 1.67. The zero-order valence-electron chi connectivity index (χ0n) is 12.0. The highest BCUT2D eigenvalue weighted by molar-refractivity contribution is 5.93. The van der Waals surface area contributed by atoms with Gasteiger partial charge in [0.25, 0.3) is 5.91 Å². The molecule has 1 atom stereocenters. The second-order valence-electron chi connectivity index (χ2n) is 5.56. The normalized spacial score (nSPS) is 22.8. The molecule has 1 aromatic heterocycles. The quantitative estimate of drug-likeness (QED) is 0.906. The van der Waals surface area contributed by atoms with Crippen molar-refractivity contribution in [2.24, 2.45) is 12.5 Å². The number of carboxylic acids is 1. The van der Waals surface area contributed by atoms with Gasteiger partial charge in [0.05, 0.1) is 17.9 Å². The maximum Gasteiger partial charge on any atom is 0.311 e. The molecule has 0 spiro atoms. The summed E-state index contributed by atoms with van der Waals surface area (Å²) in [5, 5.41) is 9.55. The molecule has 1 N–H and O–H groups in total. The summed E-state index contributed by atoms with van der Waals surface area (Å²) in [7, 11) is 1.76. The van der Waals surface area contributed by atoms with Gasteiger partial charge in [0.15, 0.2) is 0 Å². The number of hydrogen-bond acceptors (Lipinski definition) is 3. The van der Waals surface area contributed by atoms with Crippen LogP contribution >= 0.6 is 0 Å². The Morgan fingerprint density at radius 1 is 1.50 bits per heavy atom. The number of carbonyl (C=O) groups excluding carboxylic acids is 1. The fourth-order valence-electron chi connectivity index (χ4n) is 2.99. The Bertz CT molecular complexity index is 508. The molecule has 0 radical (unpaired) electrons. The number of likely N-dealkylation sites (tertiary alicyclic amines) is 1. The van der Waals surface area contributed by atoms with Crippen LogP contribution in [-0.2, 0) is 11.8 Å². The van der Waals surface area contributed by atoms with Crippen LogP contribution in [0.25, 0.3) is 0 Å². The van der Waals surface area contributed by atoms with E-state index >= 15 is 0 Å². The highest BCUT2D eigenvalue weighted by atomic mass is 16.4. The number of imidazole rings is 1. The molecule has 2 rings (SSSR count). The molecule has 6 nitrogen and oxygen atoms in total. The lowest BCUT2D eigenvalue weighted by atomic mass is 9.76. The molecule has 1 aromatic rings. The number of hydrogen-bond donors (Lipinski definition) is 1. The van der Waals surface area contributed by atoms with Crippen molar-refractivity contribution < 1.29 is 14.7 Å². The lowest BCUT2D eigenvalue weighted by Gasteiger charge is -2.39. The maximum absolute atomic E-state index is 12.5. The first-order valence-electron chi connectivity index (χ1n) is 6.99. The fraction of sp³-hybridized carbons (Fsp3) is 0.643. The molecule has 1 aliphatic heterocycles. The van der Waals surface area contributed by atoms with Crippen LogP contribution in [0.15, 0.2) is 12.5 Å². The van der Waals surface area contributed by atoms with E-state index in [9.17, 15) is 14.7 Å². The molecule has 0 saturated carbocycles. The monoisotopic (exact) mass is 279 g/mol. The molecule has 1 amide bonds. The van der Waals surface area contributed by atoms with Gasteiger partial charge < -0.3 is 14.6 Å². The van der Waals surface area contributed by atoms with Crippen molar-refractivity contribution in [1.82, 2.24) is 14.5 Å². The SMILES string of the molecule is CCCC1(C(=O)O)CCCN(C(=O)c2cncn2C)C1. The van der Waals surface area contributed by atoms with Gasteiger partial charge in [-0.25, -0.2) is 4.98 Å². The minimum atomic E-state index is -0.790. The standard InChI is InChI=1S/C14H21N3O3/c1-3-5-14(13(19)20)6-4-7-17(9-14)12(18)11-8-15-10-16(11)2/h8,10H,3-7,9H2,1-2H3,(H,19,20). The van der Waals surface area contributed by atoms with Gasteiger partial charge in [-0.2, -0.15) is 0 Å². The van der Waals surface area contributed by atoms with Crippen molar-refractivity contribution in [2.75, 3.05) is 13.1 Å². The fourth-order valence-corrected chi connectivity index (χ4v) is 2.99. The van der Waals surface area contributed by atoms with Gasteiger partial charge in [-0.1, -0.05) is 13.3 Å². The van der Waals surface area contributed by atoms with Gasteiger partial charge in [-0.3, -0.25) is 9.59 Å². The molecule has 0 aromatic carbocycles. The molecule has 20 heavy (non-hydrogen) atoms. The van der Waals surface area contributed by atoms with Crippen LogP contribution in [0.4, 0.5) is 0 Å². The molecule has 110 valence electrons. The number of amides is 1. The van der Waals surface area contributed by atoms with Gasteiger partial charge in [0.1, 0.15) is 5.69 Å². The summed E-state index contributed by atoms with van der Waals surface area (Å²) in [6, 6.07) is 0. The van der Waals surface area contributed by atoms with Crippen LogP contribution in [0.2, 0.25) is 0 Å². The number of carbonyl (C=O) groups is 2. The molecule has 1 fully saturated rings. The summed E-state index contributed by atoms with van der Waals surface area (Å²) in [6.07, 6.45) is 5.89. The average molecular weight is 279 g/mol. The minimum absolute atomic E-state index is 0.133. The smallest absolute Gasteiger partial charge is 0.311 e. The first-order chi connectivity index (χ1) is 9.50. The lowest BCUT2D eigenvalue weighted by Crippen LogP contribution is -2.50. The molecule has 2 heterocycles. The van der Waals surface area contributed by atoms with E-state index in [0.717, 1.165) is 12.8 Å². The Morgan fingerprint density at radius 2 is 2.25 bits per heavy atom. The van der Waals surface area contributed by atoms with E-state index in [1.165, 1.54) is 6.20 Å². The van der Waals surface area contributed by atoms with E-state index < -0.39 is 11.4 Å². The van der Waals surface area contributed by atoms with Crippen molar-refractivity contribution >= 4 is 11.9 Å². The van der Waals surface area contributed by atoms with Crippen LogP contribution < -0.4 is 0 Å². The van der Waals surface area contributed by atoms with E-state index in [0.29, 0.717) is 31.6 Å². The van der Waals surface area contributed by atoms with Crippen LogP contribution in [0.5, 0.6) is 0 Å². The average Bonchev–Trinajstić information content (AvgIpc) is 2.84. The zero-order valence-corrected chi connectivity index (χ0v) is 12.0. The number of rotatable bonds is 4. The van der Waals surface area contributed by atoms with Gasteiger partial charge >= 0.3 is 5.97 Å². The van der Waals surface area contributed by atoms with Crippen LogP contribution in [0.1, 0.15) is 43.1 Å². The summed E-state index contributed by atoms with van der Waals surface area (Å²) in [4.78, 5) is 29.7. The number of nitrogens with zero attached hydrogens (tertiary/aromatic N) is 3. The topological polar surface area (TPSA) is 75.4 Å². The van der Waals surface area contributed by atoms with Gasteiger partial charge in [-0.05, 0) is 19.3 Å². The van der Waals surface area contributed by atoms with Gasteiger partial charge in [0.2, 0.25) is 0 Å². The van der Waals surface area contributed by atoms with Crippen molar-refractivity contribution in [2.45, 2.75) is 32.6 Å². The molecule has 1 unspecified atom stereocenters. The number of aromatic nitrogens is 2. The molecular weight excluding hydrogens is 258 g/mol. The molecule has 1 saturated heterocycles. The van der Waals surface area contributed by atoms with Gasteiger partial charge in [-0.15, -0.1) is 0 Å². The molecule has 0 aliphatic carbocycles. The molecular formula is C14H21N3O3. The van der Waals surface area contributed by atoms with Crippen LogP contribution in [0, 0.1) is 5.41 Å². The molecule has 1 aliphatic rings. The predicted molar refractivity (Wildman–Crippen MR) is 73.3 cm³/mol. The number of piperidine rings is 1. The zero-order chi connectivity index (χ0) is 14.8. The van der Waals surface area contributed by atoms with E-state index in [1.807, 2.05) is 6.92 Å². The number of aryl methyl sites for hydroxylation is 1. The predicted octanol–water partition coefficient (Wildman–Crippen LogP) is 1.53. The molecule has 0 bridgehead atoms. The van der Waals surface area contributed by atoms with Crippen molar-refractivity contribution in [3.05, 3.63) is 18.2 Å². The third kappa shape index (κ3) is 2.55. The summed E-state index contributed by atoms with van der Waals surface area (Å²) in [6.45, 7) is 2.88. The second-order valence-corrected chi connectivity index (χ2v) is 5.56. The Labute approximate surface area is 118 Å². The van der Waals surface area contributed by atoms with Crippen molar-refractivity contribution in [1.29, 1.82) is 0 Å². The molecule has 6 heteroatoms. The largest absolute Gasteiger partial charge is 0.481 e. The third-order valence-corrected chi connectivity index (χ3v) is 4.08. The summed E-state index contributed by atoms with van der Waals surface area (Å²) in [5.41, 5.74) is -0.288. The van der Waals surface area contributed by atoms with Crippen molar-refractivity contribution in [3.63, 3.8) is 0 Å². The van der Waals surface area contributed by atoms with Crippen molar-refractivity contribution in [3.8, 4) is 0 Å².